The normalized spacial score (nSPS) is 14.3. The largest absolute Gasteiger partial charge is 0.325 e. The van der Waals surface area contributed by atoms with Crippen LogP contribution in [0.4, 0.5) is 5.69 Å². The van der Waals surface area contributed by atoms with Gasteiger partial charge in [0, 0.05) is 18.2 Å². The van der Waals surface area contributed by atoms with Crippen LogP contribution < -0.4 is 5.32 Å². The third kappa shape index (κ3) is 5.27. The molecule has 5 nitrogen and oxygen atoms in total. The van der Waals surface area contributed by atoms with Crippen molar-refractivity contribution in [2.24, 2.45) is 0 Å². The van der Waals surface area contributed by atoms with Gasteiger partial charge in [-0.15, -0.1) is 10.2 Å². The lowest BCUT2D eigenvalue weighted by Gasteiger charge is -2.25. The van der Waals surface area contributed by atoms with E-state index >= 15 is 0 Å². The molecule has 35 heavy (non-hydrogen) atoms. The molecule has 180 valence electrons. The molecule has 0 radical (unpaired) electrons. The Labute approximate surface area is 211 Å². The van der Waals surface area contributed by atoms with E-state index in [9.17, 15) is 4.79 Å². The van der Waals surface area contributed by atoms with E-state index in [1.807, 2.05) is 32.0 Å². The van der Waals surface area contributed by atoms with Gasteiger partial charge in [-0.25, -0.2) is 0 Å². The van der Waals surface area contributed by atoms with Gasteiger partial charge in [-0.2, -0.15) is 0 Å². The molecule has 1 fully saturated rings. The Hall–Kier alpha value is -3.12. The van der Waals surface area contributed by atoms with E-state index in [0.29, 0.717) is 11.8 Å². The van der Waals surface area contributed by atoms with E-state index in [2.05, 4.69) is 62.5 Å². The Kier molecular flexibility index (Phi) is 7.19. The molecule has 0 bridgehead atoms. The van der Waals surface area contributed by atoms with Gasteiger partial charge in [-0.05, 0) is 54.2 Å². The molecule has 4 aromatic rings. The van der Waals surface area contributed by atoms with Crippen LogP contribution in [0.2, 0.25) is 0 Å². The van der Waals surface area contributed by atoms with Crippen LogP contribution in [0.1, 0.15) is 60.7 Å². The van der Waals surface area contributed by atoms with Crippen LogP contribution in [0.15, 0.2) is 65.8 Å². The van der Waals surface area contributed by atoms with E-state index < -0.39 is 0 Å². The molecule has 1 amide bonds. The second kappa shape index (κ2) is 10.6. The fourth-order valence-corrected chi connectivity index (χ4v) is 5.99. The molecule has 0 atom stereocenters. The predicted molar refractivity (Wildman–Crippen MR) is 144 cm³/mol. The number of hydrogen-bond acceptors (Lipinski definition) is 4. The first-order chi connectivity index (χ1) is 17.1. The minimum atomic E-state index is -0.0128. The highest BCUT2D eigenvalue weighted by Crippen LogP contribution is 2.34. The van der Waals surface area contributed by atoms with Gasteiger partial charge >= 0.3 is 0 Å². The number of para-hydroxylation sites is 1. The summed E-state index contributed by atoms with van der Waals surface area (Å²) in [4.78, 5) is 12.8. The third-order valence-corrected chi connectivity index (χ3v) is 7.92. The number of thioether (sulfide) groups is 1. The van der Waals surface area contributed by atoms with E-state index in [4.69, 9.17) is 0 Å². The smallest absolute Gasteiger partial charge is 0.234 e. The van der Waals surface area contributed by atoms with Gasteiger partial charge < -0.3 is 9.88 Å². The number of hydrogen-bond donors (Lipinski definition) is 1. The molecule has 1 heterocycles. The summed E-state index contributed by atoms with van der Waals surface area (Å²) in [7, 11) is 0. The van der Waals surface area contributed by atoms with Crippen molar-refractivity contribution >= 4 is 34.1 Å². The summed E-state index contributed by atoms with van der Waals surface area (Å²) in [6.07, 6.45) is 6.77. The van der Waals surface area contributed by atoms with Crippen LogP contribution >= 0.6 is 11.8 Å². The van der Waals surface area contributed by atoms with Gasteiger partial charge in [0.25, 0.3) is 0 Å². The maximum absolute atomic E-state index is 12.8. The lowest BCUT2D eigenvalue weighted by Crippen LogP contribution is -2.19. The first-order valence-electron chi connectivity index (χ1n) is 12.5. The minimum Gasteiger partial charge on any atom is -0.325 e. The molecule has 1 aromatic heterocycles. The summed E-state index contributed by atoms with van der Waals surface area (Å²) in [5, 5.41) is 15.7. The lowest BCUT2D eigenvalue weighted by atomic mass is 9.95. The molecule has 1 saturated carbocycles. The highest BCUT2D eigenvalue weighted by Gasteiger charge is 2.24. The molecule has 0 spiro atoms. The van der Waals surface area contributed by atoms with E-state index in [-0.39, 0.29) is 5.91 Å². The SMILES string of the molecule is Cc1cccc(C)c1NC(=O)CSc1nnc(Cc2cccc3ccccc23)n1C1CCCCC1. The fourth-order valence-electron chi connectivity index (χ4n) is 5.17. The van der Waals surface area contributed by atoms with Crippen LogP contribution in [-0.2, 0) is 11.2 Å². The van der Waals surface area contributed by atoms with Crippen molar-refractivity contribution in [2.45, 2.75) is 63.6 Å². The van der Waals surface area contributed by atoms with Crippen LogP contribution in [0.25, 0.3) is 10.8 Å². The topological polar surface area (TPSA) is 59.8 Å². The molecular formula is C29H32N4OS. The summed E-state index contributed by atoms with van der Waals surface area (Å²) >= 11 is 1.49. The number of rotatable bonds is 7. The minimum absolute atomic E-state index is 0.0128. The Morgan fingerprint density at radius 3 is 2.46 bits per heavy atom. The van der Waals surface area contributed by atoms with Crippen molar-refractivity contribution in [3.63, 3.8) is 0 Å². The summed E-state index contributed by atoms with van der Waals surface area (Å²) in [6.45, 7) is 4.05. The first-order valence-corrected chi connectivity index (χ1v) is 13.5. The van der Waals surface area contributed by atoms with Crippen molar-refractivity contribution in [1.82, 2.24) is 14.8 Å². The van der Waals surface area contributed by atoms with Gasteiger partial charge in [0.1, 0.15) is 5.82 Å². The van der Waals surface area contributed by atoms with Crippen LogP contribution in [-0.4, -0.2) is 26.4 Å². The Balaban J connectivity index is 1.38. The second-order valence-corrected chi connectivity index (χ2v) is 10.4. The van der Waals surface area contributed by atoms with Crippen molar-refractivity contribution in [1.29, 1.82) is 0 Å². The summed E-state index contributed by atoms with van der Waals surface area (Å²) in [5.41, 5.74) is 4.32. The number of nitrogens with zero attached hydrogens (tertiary/aromatic N) is 3. The number of nitrogens with one attached hydrogen (secondary N) is 1. The highest BCUT2D eigenvalue weighted by atomic mass is 32.2. The number of amides is 1. The Morgan fingerprint density at radius 2 is 1.66 bits per heavy atom. The van der Waals surface area contributed by atoms with E-state index in [0.717, 1.165) is 47.1 Å². The third-order valence-electron chi connectivity index (χ3n) is 6.98. The number of anilines is 1. The second-order valence-electron chi connectivity index (χ2n) is 9.48. The number of carbonyl (C=O) groups excluding carboxylic acids is 1. The Bertz CT molecular complexity index is 1310. The molecular weight excluding hydrogens is 452 g/mol. The number of aryl methyl sites for hydroxylation is 2. The highest BCUT2D eigenvalue weighted by molar-refractivity contribution is 7.99. The zero-order valence-corrected chi connectivity index (χ0v) is 21.3. The number of carbonyl (C=O) groups is 1. The maximum Gasteiger partial charge on any atom is 0.234 e. The monoisotopic (exact) mass is 484 g/mol. The first kappa shape index (κ1) is 23.6. The van der Waals surface area contributed by atoms with Crippen LogP contribution in [0.5, 0.6) is 0 Å². The molecule has 1 N–H and O–H groups in total. The molecule has 3 aromatic carbocycles. The molecule has 5 rings (SSSR count). The fraction of sp³-hybridized carbons (Fsp3) is 0.345. The van der Waals surface area contributed by atoms with Gasteiger partial charge in [-0.3, -0.25) is 4.79 Å². The van der Waals surface area contributed by atoms with Crippen LogP contribution in [0.3, 0.4) is 0 Å². The van der Waals surface area contributed by atoms with Crippen molar-refractivity contribution in [3.05, 3.63) is 83.2 Å². The predicted octanol–water partition coefficient (Wildman–Crippen LogP) is 6.87. The number of aromatic nitrogens is 3. The number of benzene rings is 3. The lowest BCUT2D eigenvalue weighted by molar-refractivity contribution is -0.113. The van der Waals surface area contributed by atoms with Gasteiger partial charge in [0.15, 0.2) is 5.16 Å². The molecule has 1 aliphatic rings. The summed E-state index contributed by atoms with van der Waals surface area (Å²) in [6, 6.07) is 21.4. The zero-order chi connectivity index (χ0) is 24.2. The van der Waals surface area contributed by atoms with E-state index in [1.54, 1.807) is 0 Å². The zero-order valence-electron chi connectivity index (χ0n) is 20.5. The van der Waals surface area contributed by atoms with Crippen LogP contribution in [0, 0.1) is 13.8 Å². The summed E-state index contributed by atoms with van der Waals surface area (Å²) < 4.78 is 2.33. The van der Waals surface area contributed by atoms with Gasteiger partial charge in [0.05, 0.1) is 5.75 Å². The molecule has 0 aliphatic heterocycles. The quantitative estimate of drug-likeness (QED) is 0.291. The average Bonchev–Trinajstić information content (AvgIpc) is 3.28. The van der Waals surface area contributed by atoms with Gasteiger partial charge in [-0.1, -0.05) is 91.7 Å². The van der Waals surface area contributed by atoms with Gasteiger partial charge in [0.2, 0.25) is 5.91 Å². The average molecular weight is 485 g/mol. The molecule has 1 aliphatic carbocycles. The Morgan fingerprint density at radius 1 is 0.943 bits per heavy atom. The molecule has 6 heteroatoms. The summed E-state index contributed by atoms with van der Waals surface area (Å²) in [5.74, 6) is 1.29. The maximum atomic E-state index is 12.8. The van der Waals surface area contributed by atoms with Crippen molar-refractivity contribution < 1.29 is 4.79 Å². The van der Waals surface area contributed by atoms with Crippen molar-refractivity contribution in [2.75, 3.05) is 11.1 Å². The van der Waals surface area contributed by atoms with E-state index in [1.165, 1.54) is 47.4 Å². The van der Waals surface area contributed by atoms with Crippen molar-refractivity contribution in [3.8, 4) is 0 Å². The number of fused-ring (bicyclic) bond motifs is 1. The molecule has 0 unspecified atom stereocenters. The molecule has 0 saturated heterocycles. The standard InChI is InChI=1S/C29H32N4OS/c1-20-10-8-11-21(2)28(20)30-27(34)19-35-29-32-31-26(33(29)24-15-4-3-5-16-24)18-23-14-9-13-22-12-6-7-17-25(22)23/h6-14,17,24H,3-5,15-16,18-19H2,1-2H3,(H,30,34).